The molecule has 4 rings (SSSR count). The number of aromatic nitrogens is 1. The second kappa shape index (κ2) is 7.40. The second-order valence-electron chi connectivity index (χ2n) is 5.82. The molecule has 0 N–H and O–H groups in total. The number of para-hydroxylation sites is 1. The first kappa shape index (κ1) is 16.9. The van der Waals surface area contributed by atoms with Crippen LogP contribution in [-0.4, -0.2) is 10.9 Å². The van der Waals surface area contributed by atoms with Crippen molar-refractivity contribution in [1.29, 1.82) is 0 Å². The summed E-state index contributed by atoms with van der Waals surface area (Å²) < 4.78 is 1.85. The zero-order valence-electron chi connectivity index (χ0n) is 13.8. The van der Waals surface area contributed by atoms with Crippen LogP contribution < -0.4 is 4.90 Å². The molecular weight excluding hydrogens is 408 g/mol. The van der Waals surface area contributed by atoms with E-state index in [1.54, 1.807) is 4.90 Å². The lowest BCUT2D eigenvalue weighted by atomic mass is 10.1. The molecule has 3 aromatic carbocycles. The second-order valence-corrected chi connectivity index (χ2v) is 7.68. The number of hydrogen-bond donors (Lipinski definition) is 0. The predicted octanol–water partition coefficient (Wildman–Crippen LogP) is 5.91. The predicted molar refractivity (Wildman–Crippen MR) is 111 cm³/mol. The van der Waals surface area contributed by atoms with E-state index < -0.39 is 0 Å². The average Bonchev–Trinajstić information content (AvgIpc) is 3.10. The van der Waals surface area contributed by atoms with Crippen LogP contribution >= 0.6 is 27.3 Å². The molecular formula is C21H15BrN2OS. The zero-order chi connectivity index (χ0) is 17.9. The molecule has 0 fully saturated rings. The quantitative estimate of drug-likeness (QED) is 0.409. The first-order chi connectivity index (χ1) is 12.7. The Balaban J connectivity index is 1.78. The number of anilines is 1. The Kier molecular flexibility index (Phi) is 4.82. The smallest absolute Gasteiger partial charge is 0.261 e. The molecule has 1 aromatic heterocycles. The Bertz CT molecular complexity index is 1030. The van der Waals surface area contributed by atoms with E-state index in [-0.39, 0.29) is 5.91 Å². The van der Waals surface area contributed by atoms with Gasteiger partial charge in [-0.05, 0) is 45.8 Å². The zero-order valence-corrected chi connectivity index (χ0v) is 16.2. The van der Waals surface area contributed by atoms with E-state index >= 15 is 0 Å². The number of hydrogen-bond acceptors (Lipinski definition) is 3. The molecule has 26 heavy (non-hydrogen) atoms. The van der Waals surface area contributed by atoms with Gasteiger partial charge in [0.1, 0.15) is 0 Å². The molecule has 0 bridgehead atoms. The van der Waals surface area contributed by atoms with Gasteiger partial charge >= 0.3 is 0 Å². The molecule has 0 aliphatic carbocycles. The van der Waals surface area contributed by atoms with Crippen molar-refractivity contribution >= 4 is 48.5 Å². The van der Waals surface area contributed by atoms with Crippen molar-refractivity contribution in [2.75, 3.05) is 4.90 Å². The maximum absolute atomic E-state index is 13.3. The maximum atomic E-state index is 13.3. The number of fused-ring (bicyclic) bond motifs is 1. The molecule has 0 aliphatic rings. The van der Waals surface area contributed by atoms with Gasteiger partial charge in [0.15, 0.2) is 5.13 Å². The molecule has 128 valence electrons. The molecule has 0 spiro atoms. The molecule has 0 atom stereocenters. The van der Waals surface area contributed by atoms with E-state index in [9.17, 15) is 4.79 Å². The van der Waals surface area contributed by atoms with Crippen molar-refractivity contribution in [2.45, 2.75) is 6.54 Å². The normalized spacial score (nSPS) is 10.8. The fourth-order valence-corrected chi connectivity index (χ4v) is 4.17. The number of thiazole rings is 1. The van der Waals surface area contributed by atoms with Crippen molar-refractivity contribution < 1.29 is 4.79 Å². The van der Waals surface area contributed by atoms with Crippen LogP contribution in [0.1, 0.15) is 15.9 Å². The lowest BCUT2D eigenvalue weighted by molar-refractivity contribution is 0.0984. The average molecular weight is 423 g/mol. The molecule has 0 aliphatic heterocycles. The van der Waals surface area contributed by atoms with E-state index in [2.05, 4.69) is 15.9 Å². The molecule has 0 unspecified atom stereocenters. The summed E-state index contributed by atoms with van der Waals surface area (Å²) in [6.45, 7) is 0.473. The summed E-state index contributed by atoms with van der Waals surface area (Å²) in [6, 6.07) is 25.4. The number of carbonyl (C=O) groups excluding carboxylic acids is 1. The minimum atomic E-state index is -0.0691. The number of rotatable bonds is 4. The highest BCUT2D eigenvalue weighted by Gasteiger charge is 2.23. The van der Waals surface area contributed by atoms with Crippen molar-refractivity contribution in [2.24, 2.45) is 0 Å². The van der Waals surface area contributed by atoms with Crippen LogP contribution in [-0.2, 0) is 6.54 Å². The summed E-state index contributed by atoms with van der Waals surface area (Å²) in [6.07, 6.45) is 0. The third-order valence-electron chi connectivity index (χ3n) is 4.05. The highest BCUT2D eigenvalue weighted by Crippen LogP contribution is 2.31. The largest absolute Gasteiger partial charge is 0.279 e. The lowest BCUT2D eigenvalue weighted by Crippen LogP contribution is -2.30. The molecule has 4 aromatic rings. The first-order valence-corrected chi connectivity index (χ1v) is 9.79. The number of amides is 1. The molecule has 5 heteroatoms. The van der Waals surface area contributed by atoms with Crippen LogP contribution in [0.25, 0.3) is 10.2 Å². The van der Waals surface area contributed by atoms with Crippen LogP contribution in [0.2, 0.25) is 0 Å². The topological polar surface area (TPSA) is 33.2 Å². The summed E-state index contributed by atoms with van der Waals surface area (Å²) in [5.74, 6) is -0.0691. The summed E-state index contributed by atoms with van der Waals surface area (Å²) in [5.41, 5.74) is 2.60. The van der Waals surface area contributed by atoms with Crippen LogP contribution in [0.4, 0.5) is 5.13 Å². The fourth-order valence-electron chi connectivity index (χ4n) is 2.75. The highest BCUT2D eigenvalue weighted by atomic mass is 79.9. The van der Waals surface area contributed by atoms with Gasteiger partial charge in [-0.25, -0.2) is 4.98 Å². The van der Waals surface area contributed by atoms with Crippen molar-refractivity contribution in [3.05, 3.63) is 94.5 Å². The van der Waals surface area contributed by atoms with Crippen LogP contribution in [0, 0.1) is 0 Å². The maximum Gasteiger partial charge on any atom is 0.261 e. The van der Waals surface area contributed by atoms with Crippen molar-refractivity contribution in [1.82, 2.24) is 4.98 Å². The summed E-state index contributed by atoms with van der Waals surface area (Å²) in [7, 11) is 0. The fraction of sp³-hybridized carbons (Fsp3) is 0.0476. The van der Waals surface area contributed by atoms with Gasteiger partial charge in [-0.15, -0.1) is 0 Å². The summed E-state index contributed by atoms with van der Waals surface area (Å²) in [5, 5.41) is 0.704. The first-order valence-electron chi connectivity index (χ1n) is 8.18. The van der Waals surface area contributed by atoms with E-state index in [0.29, 0.717) is 17.2 Å². The Hall–Kier alpha value is -2.50. The monoisotopic (exact) mass is 422 g/mol. The van der Waals surface area contributed by atoms with Gasteiger partial charge in [0.25, 0.3) is 5.91 Å². The lowest BCUT2D eigenvalue weighted by Gasteiger charge is -2.20. The number of halogens is 1. The van der Waals surface area contributed by atoms with Gasteiger partial charge in [0.2, 0.25) is 0 Å². The minimum absolute atomic E-state index is 0.0691. The van der Waals surface area contributed by atoms with Crippen LogP contribution in [0.3, 0.4) is 0 Å². The van der Waals surface area contributed by atoms with Crippen LogP contribution in [0.15, 0.2) is 83.3 Å². The third kappa shape index (κ3) is 3.41. The van der Waals surface area contributed by atoms with Gasteiger partial charge in [-0.3, -0.25) is 9.69 Å². The molecule has 0 saturated heterocycles. The van der Waals surface area contributed by atoms with Gasteiger partial charge in [0, 0.05) is 4.47 Å². The van der Waals surface area contributed by atoms with Gasteiger partial charge in [-0.2, -0.15) is 0 Å². The molecule has 0 radical (unpaired) electrons. The van der Waals surface area contributed by atoms with E-state index in [1.165, 1.54) is 11.3 Å². The summed E-state index contributed by atoms with van der Waals surface area (Å²) in [4.78, 5) is 19.8. The van der Waals surface area contributed by atoms with Crippen LogP contribution in [0.5, 0.6) is 0 Å². The number of nitrogens with zero attached hydrogens (tertiary/aromatic N) is 2. The highest BCUT2D eigenvalue weighted by molar-refractivity contribution is 9.10. The van der Waals surface area contributed by atoms with Crippen molar-refractivity contribution in [3.63, 3.8) is 0 Å². The Labute approximate surface area is 164 Å². The third-order valence-corrected chi connectivity index (χ3v) is 5.80. The number of benzene rings is 3. The molecule has 1 heterocycles. The van der Waals surface area contributed by atoms with Gasteiger partial charge in [-0.1, -0.05) is 65.9 Å². The Morgan fingerprint density at radius 3 is 2.38 bits per heavy atom. The molecule has 1 amide bonds. The standard InChI is InChI=1S/C21H15BrN2OS/c22-17-11-5-4-10-16(17)20(25)24(14-15-8-2-1-3-9-15)21-23-18-12-6-7-13-19(18)26-21/h1-13H,14H2. The van der Waals surface area contributed by atoms with Gasteiger partial charge < -0.3 is 0 Å². The van der Waals surface area contributed by atoms with Crippen molar-refractivity contribution in [3.8, 4) is 0 Å². The van der Waals surface area contributed by atoms with E-state index in [4.69, 9.17) is 4.98 Å². The minimum Gasteiger partial charge on any atom is -0.279 e. The van der Waals surface area contributed by atoms with E-state index in [1.807, 2.05) is 78.9 Å². The Morgan fingerprint density at radius 2 is 1.62 bits per heavy atom. The number of carbonyl (C=O) groups is 1. The molecule has 3 nitrogen and oxygen atoms in total. The molecule has 0 saturated carbocycles. The Morgan fingerprint density at radius 1 is 0.923 bits per heavy atom. The van der Waals surface area contributed by atoms with Gasteiger partial charge in [0.05, 0.1) is 22.3 Å². The summed E-state index contributed by atoms with van der Waals surface area (Å²) >= 11 is 5.03. The van der Waals surface area contributed by atoms with E-state index in [0.717, 1.165) is 20.3 Å². The SMILES string of the molecule is O=C(c1ccccc1Br)N(Cc1ccccc1)c1nc2ccccc2s1.